The van der Waals surface area contributed by atoms with Crippen molar-refractivity contribution in [2.24, 2.45) is 0 Å². The van der Waals surface area contributed by atoms with Crippen molar-refractivity contribution < 1.29 is 4.74 Å². The first-order valence-electron chi connectivity index (χ1n) is 8.77. The number of nitrogen functional groups attached to an aromatic ring is 1. The fourth-order valence-corrected chi connectivity index (χ4v) is 2.41. The highest BCUT2D eigenvalue weighted by Crippen LogP contribution is 2.15. The lowest BCUT2D eigenvalue weighted by Gasteiger charge is -2.08. The normalized spacial score (nSPS) is 10.6. The van der Waals surface area contributed by atoms with Gasteiger partial charge in [-0.25, -0.2) is 0 Å². The zero-order chi connectivity index (χ0) is 16.0. The molecule has 0 fully saturated rings. The van der Waals surface area contributed by atoms with Gasteiger partial charge in [-0.15, -0.1) is 0 Å². The molecule has 0 bridgehead atoms. The number of nitrogens with two attached hydrogens (primary N) is 1. The van der Waals surface area contributed by atoms with Crippen LogP contribution < -0.4 is 15.8 Å². The van der Waals surface area contributed by atoms with E-state index in [0.29, 0.717) is 12.5 Å². The minimum atomic E-state index is 0.250. The molecule has 0 unspecified atom stereocenters. The number of hydrogen-bond acceptors (Lipinski definition) is 5. The van der Waals surface area contributed by atoms with E-state index in [2.05, 4.69) is 22.2 Å². The highest BCUT2D eigenvalue weighted by Gasteiger charge is 2.02. The fraction of sp³-hybridized carbons (Fsp3) is 0.765. The maximum atomic E-state index is 5.67. The molecule has 1 rings (SSSR count). The van der Waals surface area contributed by atoms with Gasteiger partial charge in [-0.1, -0.05) is 58.3 Å². The molecule has 0 atom stereocenters. The van der Waals surface area contributed by atoms with Crippen molar-refractivity contribution in [2.45, 2.75) is 71.6 Å². The van der Waals surface area contributed by atoms with Crippen molar-refractivity contribution in [3.63, 3.8) is 0 Å². The molecule has 0 saturated carbocycles. The van der Waals surface area contributed by atoms with Gasteiger partial charge in [0, 0.05) is 12.6 Å². The Kier molecular flexibility index (Phi) is 10.2. The van der Waals surface area contributed by atoms with E-state index in [1.54, 1.807) is 6.07 Å². The smallest absolute Gasteiger partial charge is 0.225 e. The van der Waals surface area contributed by atoms with Crippen LogP contribution in [0.3, 0.4) is 0 Å². The third kappa shape index (κ3) is 8.70. The van der Waals surface area contributed by atoms with Gasteiger partial charge in [-0.2, -0.15) is 9.97 Å². The number of nitrogens with zero attached hydrogens (tertiary/aromatic N) is 2. The van der Waals surface area contributed by atoms with Gasteiger partial charge >= 0.3 is 0 Å². The average molecular weight is 308 g/mol. The molecule has 0 aliphatic rings. The molecule has 5 nitrogen and oxygen atoms in total. The third-order valence-corrected chi connectivity index (χ3v) is 3.60. The molecule has 0 radical (unpaired) electrons. The summed E-state index contributed by atoms with van der Waals surface area (Å²) in [5.74, 6) is 1.53. The van der Waals surface area contributed by atoms with Crippen LogP contribution in [0, 0.1) is 0 Å². The van der Waals surface area contributed by atoms with Crippen LogP contribution in [-0.2, 0) is 0 Å². The first-order valence-corrected chi connectivity index (χ1v) is 8.77. The number of rotatable bonds is 13. The predicted molar refractivity (Wildman–Crippen MR) is 93.3 cm³/mol. The zero-order valence-electron chi connectivity index (χ0n) is 14.2. The number of nitrogens with one attached hydrogen (secondary N) is 1. The van der Waals surface area contributed by atoms with Gasteiger partial charge < -0.3 is 15.8 Å². The molecule has 0 amide bonds. The monoisotopic (exact) mass is 308 g/mol. The van der Waals surface area contributed by atoms with Crippen LogP contribution >= 0.6 is 0 Å². The SMILES string of the molecule is CCCCCCCCCCCNc1cc(OCC)nc(N)n1. The van der Waals surface area contributed by atoms with E-state index < -0.39 is 0 Å². The highest BCUT2D eigenvalue weighted by molar-refractivity contribution is 5.42. The minimum Gasteiger partial charge on any atom is -0.478 e. The lowest BCUT2D eigenvalue weighted by molar-refractivity contribution is 0.327. The van der Waals surface area contributed by atoms with Crippen molar-refractivity contribution in [1.82, 2.24) is 9.97 Å². The molecule has 0 aliphatic heterocycles. The van der Waals surface area contributed by atoms with Gasteiger partial charge in [0.1, 0.15) is 5.82 Å². The van der Waals surface area contributed by atoms with Crippen LogP contribution in [0.25, 0.3) is 0 Å². The summed E-state index contributed by atoms with van der Waals surface area (Å²) in [4.78, 5) is 8.19. The van der Waals surface area contributed by atoms with Crippen LogP contribution in [0.4, 0.5) is 11.8 Å². The Balaban J connectivity index is 2.07. The summed E-state index contributed by atoms with van der Waals surface area (Å²) in [6.45, 7) is 5.68. The van der Waals surface area contributed by atoms with Crippen molar-refractivity contribution in [3.8, 4) is 5.88 Å². The average Bonchev–Trinajstić information content (AvgIpc) is 2.49. The standard InChI is InChI=1S/C17H32N4O/c1-3-5-6-7-8-9-10-11-12-13-19-15-14-16(22-4-2)21-17(18)20-15/h14H,3-13H2,1-2H3,(H3,18,19,20,21). The second kappa shape index (κ2) is 12.1. The summed E-state index contributed by atoms with van der Waals surface area (Å²) in [7, 11) is 0. The Hall–Kier alpha value is -1.52. The van der Waals surface area contributed by atoms with Crippen LogP contribution in [0.2, 0.25) is 0 Å². The third-order valence-electron chi connectivity index (χ3n) is 3.60. The Morgan fingerprint density at radius 2 is 1.59 bits per heavy atom. The van der Waals surface area contributed by atoms with Crippen LogP contribution in [0.1, 0.15) is 71.6 Å². The molecule has 0 aromatic carbocycles. The van der Waals surface area contributed by atoms with Gasteiger partial charge in [-0.3, -0.25) is 0 Å². The summed E-state index contributed by atoms with van der Waals surface area (Å²) < 4.78 is 5.36. The van der Waals surface area contributed by atoms with Crippen molar-refractivity contribution in [2.75, 3.05) is 24.2 Å². The number of aromatic nitrogens is 2. The molecular weight excluding hydrogens is 276 g/mol. The summed E-state index contributed by atoms with van der Waals surface area (Å²) in [6, 6.07) is 1.80. The van der Waals surface area contributed by atoms with E-state index in [4.69, 9.17) is 10.5 Å². The Labute approximate surface area is 135 Å². The predicted octanol–water partition coefficient (Wildman–Crippen LogP) is 4.40. The van der Waals surface area contributed by atoms with E-state index >= 15 is 0 Å². The van der Waals surface area contributed by atoms with Gasteiger partial charge in [0.05, 0.1) is 6.61 Å². The van der Waals surface area contributed by atoms with E-state index in [9.17, 15) is 0 Å². The molecule has 1 aromatic rings. The lowest BCUT2D eigenvalue weighted by atomic mass is 10.1. The number of hydrogen-bond donors (Lipinski definition) is 2. The van der Waals surface area contributed by atoms with Gasteiger partial charge in [0.25, 0.3) is 0 Å². The van der Waals surface area contributed by atoms with Crippen molar-refractivity contribution >= 4 is 11.8 Å². The Bertz CT molecular complexity index is 398. The molecule has 0 saturated heterocycles. The van der Waals surface area contributed by atoms with E-state index in [1.807, 2.05) is 6.92 Å². The summed E-state index contributed by atoms with van der Waals surface area (Å²) in [5, 5.41) is 3.29. The maximum absolute atomic E-state index is 5.67. The maximum Gasteiger partial charge on any atom is 0.225 e. The largest absolute Gasteiger partial charge is 0.478 e. The van der Waals surface area contributed by atoms with Crippen molar-refractivity contribution in [3.05, 3.63) is 6.07 Å². The Morgan fingerprint density at radius 3 is 2.23 bits per heavy atom. The van der Waals surface area contributed by atoms with E-state index in [0.717, 1.165) is 18.8 Å². The van der Waals surface area contributed by atoms with Crippen LogP contribution in [0.5, 0.6) is 5.88 Å². The molecule has 1 aromatic heterocycles. The van der Waals surface area contributed by atoms with Crippen molar-refractivity contribution in [1.29, 1.82) is 0 Å². The van der Waals surface area contributed by atoms with Crippen LogP contribution in [-0.4, -0.2) is 23.1 Å². The lowest BCUT2D eigenvalue weighted by Crippen LogP contribution is -2.07. The topological polar surface area (TPSA) is 73.1 Å². The first-order chi connectivity index (χ1) is 10.8. The minimum absolute atomic E-state index is 0.250. The molecule has 5 heteroatoms. The van der Waals surface area contributed by atoms with E-state index in [-0.39, 0.29) is 5.95 Å². The zero-order valence-corrected chi connectivity index (χ0v) is 14.2. The van der Waals surface area contributed by atoms with E-state index in [1.165, 1.54) is 51.4 Å². The summed E-state index contributed by atoms with van der Waals surface area (Å²) in [6.07, 6.45) is 12.0. The number of unbranched alkanes of at least 4 members (excludes halogenated alkanes) is 8. The second-order valence-electron chi connectivity index (χ2n) is 5.64. The highest BCUT2D eigenvalue weighted by atomic mass is 16.5. The van der Waals surface area contributed by atoms with Gasteiger partial charge in [-0.05, 0) is 13.3 Å². The van der Waals surface area contributed by atoms with Gasteiger partial charge in [0.2, 0.25) is 11.8 Å². The van der Waals surface area contributed by atoms with Crippen LogP contribution in [0.15, 0.2) is 6.07 Å². The first kappa shape index (κ1) is 18.5. The molecule has 126 valence electrons. The molecular formula is C17H32N4O. The molecule has 0 aliphatic carbocycles. The summed E-state index contributed by atoms with van der Waals surface area (Å²) >= 11 is 0. The summed E-state index contributed by atoms with van der Waals surface area (Å²) in [5.41, 5.74) is 5.67. The number of anilines is 2. The second-order valence-corrected chi connectivity index (χ2v) is 5.64. The quantitative estimate of drug-likeness (QED) is 0.528. The molecule has 0 spiro atoms. The molecule has 22 heavy (non-hydrogen) atoms. The molecule has 3 N–H and O–H groups in total. The molecule has 1 heterocycles. The number of ether oxygens (including phenoxy) is 1. The van der Waals surface area contributed by atoms with Gasteiger partial charge in [0.15, 0.2) is 0 Å². The Morgan fingerprint density at radius 1 is 0.955 bits per heavy atom. The fourth-order valence-electron chi connectivity index (χ4n) is 2.41.